The van der Waals surface area contributed by atoms with Crippen molar-refractivity contribution in [2.75, 3.05) is 0 Å². The van der Waals surface area contributed by atoms with E-state index in [9.17, 15) is 0 Å². The monoisotopic (exact) mass is 221 g/mol. The van der Waals surface area contributed by atoms with Gasteiger partial charge in [0.05, 0.1) is 5.69 Å². The van der Waals surface area contributed by atoms with Crippen LogP contribution >= 0.6 is 0 Å². The summed E-state index contributed by atoms with van der Waals surface area (Å²) in [6, 6.07) is 16.5. The van der Waals surface area contributed by atoms with E-state index in [4.69, 9.17) is 4.74 Å². The van der Waals surface area contributed by atoms with Crippen LogP contribution in [0.4, 0.5) is 0 Å². The van der Waals surface area contributed by atoms with Crippen LogP contribution in [0.5, 0.6) is 5.75 Å². The third-order valence-corrected chi connectivity index (χ3v) is 3.34. The van der Waals surface area contributed by atoms with Crippen molar-refractivity contribution in [2.24, 2.45) is 0 Å². The number of hydrogen-bond acceptors (Lipinski definition) is 1. The van der Waals surface area contributed by atoms with E-state index in [2.05, 4.69) is 35.3 Å². The molecule has 0 atom stereocenters. The maximum atomic E-state index is 5.80. The highest BCUT2D eigenvalue weighted by Crippen LogP contribution is 2.39. The second kappa shape index (κ2) is 3.14. The molecule has 0 bridgehead atoms. The smallest absolute Gasteiger partial charge is 0.129 e. The van der Waals surface area contributed by atoms with Crippen molar-refractivity contribution in [1.82, 2.24) is 4.98 Å². The molecule has 2 nitrogen and oxygen atoms in total. The Morgan fingerprint density at radius 2 is 1.76 bits per heavy atom. The van der Waals surface area contributed by atoms with Crippen molar-refractivity contribution >= 4 is 10.9 Å². The number of aromatic nitrogens is 1. The Morgan fingerprint density at radius 3 is 2.76 bits per heavy atom. The Kier molecular flexibility index (Phi) is 1.64. The minimum atomic E-state index is 0.649. The highest BCUT2D eigenvalue weighted by molar-refractivity contribution is 5.92. The fourth-order valence-electron chi connectivity index (χ4n) is 2.53. The summed E-state index contributed by atoms with van der Waals surface area (Å²) >= 11 is 0. The average Bonchev–Trinajstić information content (AvgIpc) is 2.78. The van der Waals surface area contributed by atoms with Gasteiger partial charge in [0, 0.05) is 22.0 Å². The standard InChI is InChI=1S/C15H11NO/c1-3-7-13-10(5-1)12-9-17-14-8-4-2-6-11(14)15(12)16-13/h1-8,16H,9H2. The first-order valence-corrected chi connectivity index (χ1v) is 5.75. The highest BCUT2D eigenvalue weighted by Gasteiger charge is 2.20. The van der Waals surface area contributed by atoms with Gasteiger partial charge in [-0.15, -0.1) is 0 Å². The lowest BCUT2D eigenvalue weighted by atomic mass is 10.0. The van der Waals surface area contributed by atoms with Gasteiger partial charge in [0.15, 0.2) is 0 Å². The molecule has 1 N–H and O–H groups in total. The van der Waals surface area contributed by atoms with Crippen molar-refractivity contribution in [3.8, 4) is 17.0 Å². The van der Waals surface area contributed by atoms with Crippen LogP contribution in [0.2, 0.25) is 0 Å². The molecule has 2 aromatic carbocycles. The number of para-hydroxylation sites is 2. The summed E-state index contributed by atoms with van der Waals surface area (Å²) in [4.78, 5) is 3.49. The minimum absolute atomic E-state index is 0.649. The van der Waals surface area contributed by atoms with Gasteiger partial charge in [-0.1, -0.05) is 30.3 Å². The summed E-state index contributed by atoms with van der Waals surface area (Å²) in [6.07, 6.45) is 0. The first-order valence-electron chi connectivity index (χ1n) is 5.75. The normalized spacial score (nSPS) is 12.9. The van der Waals surface area contributed by atoms with Gasteiger partial charge >= 0.3 is 0 Å². The van der Waals surface area contributed by atoms with Crippen LogP contribution in [-0.4, -0.2) is 4.98 Å². The number of aromatic amines is 1. The Balaban J connectivity index is 2.10. The number of ether oxygens (including phenoxy) is 1. The molecule has 0 unspecified atom stereocenters. The largest absolute Gasteiger partial charge is 0.488 e. The highest BCUT2D eigenvalue weighted by atomic mass is 16.5. The molecule has 0 fully saturated rings. The molecule has 3 aromatic rings. The van der Waals surface area contributed by atoms with Crippen LogP contribution in [0, 0.1) is 0 Å². The number of H-pyrrole nitrogens is 1. The quantitative estimate of drug-likeness (QED) is 0.614. The molecule has 0 radical (unpaired) electrons. The molecule has 0 spiro atoms. The number of benzene rings is 2. The van der Waals surface area contributed by atoms with E-state index in [1.54, 1.807) is 0 Å². The molecule has 17 heavy (non-hydrogen) atoms. The van der Waals surface area contributed by atoms with Crippen molar-refractivity contribution in [3.63, 3.8) is 0 Å². The molecule has 0 saturated carbocycles. The van der Waals surface area contributed by atoms with E-state index in [0.717, 1.165) is 11.3 Å². The first-order chi connectivity index (χ1) is 8.43. The fourth-order valence-corrected chi connectivity index (χ4v) is 2.53. The number of nitrogens with one attached hydrogen (secondary N) is 1. The second-order valence-corrected chi connectivity index (χ2v) is 4.31. The van der Waals surface area contributed by atoms with Crippen LogP contribution in [0.3, 0.4) is 0 Å². The van der Waals surface area contributed by atoms with E-state index in [1.165, 1.54) is 22.2 Å². The Bertz CT molecular complexity index is 712. The molecule has 0 saturated heterocycles. The van der Waals surface area contributed by atoms with Crippen LogP contribution in [0.15, 0.2) is 48.5 Å². The lowest BCUT2D eigenvalue weighted by Crippen LogP contribution is -2.03. The lowest BCUT2D eigenvalue weighted by molar-refractivity contribution is 0.303. The van der Waals surface area contributed by atoms with Gasteiger partial charge in [0.2, 0.25) is 0 Å². The minimum Gasteiger partial charge on any atom is -0.488 e. The number of fused-ring (bicyclic) bond motifs is 5. The van der Waals surface area contributed by atoms with Crippen LogP contribution in [0.25, 0.3) is 22.2 Å². The Morgan fingerprint density at radius 1 is 0.941 bits per heavy atom. The summed E-state index contributed by atoms with van der Waals surface area (Å²) in [5.74, 6) is 0.964. The van der Waals surface area contributed by atoms with Crippen molar-refractivity contribution in [3.05, 3.63) is 54.1 Å². The van der Waals surface area contributed by atoms with Gasteiger partial charge in [-0.25, -0.2) is 0 Å². The van der Waals surface area contributed by atoms with E-state index < -0.39 is 0 Å². The first kappa shape index (κ1) is 8.88. The maximum Gasteiger partial charge on any atom is 0.129 e. The zero-order chi connectivity index (χ0) is 11.2. The van der Waals surface area contributed by atoms with Crippen molar-refractivity contribution in [1.29, 1.82) is 0 Å². The van der Waals surface area contributed by atoms with Gasteiger partial charge in [-0.05, 0) is 18.2 Å². The lowest BCUT2D eigenvalue weighted by Gasteiger charge is -2.17. The zero-order valence-electron chi connectivity index (χ0n) is 9.23. The number of hydrogen-bond donors (Lipinski definition) is 1. The van der Waals surface area contributed by atoms with Crippen molar-refractivity contribution < 1.29 is 4.74 Å². The molecule has 1 aliphatic rings. The van der Waals surface area contributed by atoms with Crippen LogP contribution in [-0.2, 0) is 6.61 Å². The Labute approximate surface area is 98.9 Å². The zero-order valence-corrected chi connectivity index (χ0v) is 9.23. The molecular weight excluding hydrogens is 210 g/mol. The van der Waals surface area contributed by atoms with Gasteiger partial charge in [-0.2, -0.15) is 0 Å². The maximum absolute atomic E-state index is 5.80. The van der Waals surface area contributed by atoms with Gasteiger partial charge in [0.25, 0.3) is 0 Å². The van der Waals surface area contributed by atoms with E-state index in [1.807, 2.05) is 18.2 Å². The second-order valence-electron chi connectivity index (χ2n) is 4.31. The predicted molar refractivity (Wildman–Crippen MR) is 68.1 cm³/mol. The van der Waals surface area contributed by atoms with E-state index >= 15 is 0 Å². The van der Waals surface area contributed by atoms with E-state index in [0.29, 0.717) is 6.61 Å². The summed E-state index contributed by atoms with van der Waals surface area (Å²) < 4.78 is 5.80. The average molecular weight is 221 g/mol. The Hall–Kier alpha value is -2.22. The molecule has 1 aliphatic heterocycles. The molecule has 0 amide bonds. The van der Waals surface area contributed by atoms with E-state index in [-0.39, 0.29) is 0 Å². The van der Waals surface area contributed by atoms with Gasteiger partial charge in [-0.3, -0.25) is 0 Å². The SMILES string of the molecule is c1ccc2c(c1)OCc1c-2[nH]c2ccccc12. The van der Waals surface area contributed by atoms with Gasteiger partial charge in [0.1, 0.15) is 12.4 Å². The molecule has 82 valence electrons. The molecule has 2 heterocycles. The molecule has 1 aromatic heterocycles. The molecule has 0 aliphatic carbocycles. The fraction of sp³-hybridized carbons (Fsp3) is 0.0667. The van der Waals surface area contributed by atoms with Gasteiger partial charge < -0.3 is 9.72 Å². The van der Waals surface area contributed by atoms with Crippen molar-refractivity contribution in [2.45, 2.75) is 6.61 Å². The summed E-state index contributed by atoms with van der Waals surface area (Å²) in [5.41, 5.74) is 4.80. The third kappa shape index (κ3) is 1.15. The topological polar surface area (TPSA) is 25.0 Å². The van der Waals surface area contributed by atoms with Crippen LogP contribution < -0.4 is 4.74 Å². The van der Waals surface area contributed by atoms with Crippen LogP contribution in [0.1, 0.15) is 5.56 Å². The molecule has 4 rings (SSSR count). The summed E-state index contributed by atoms with van der Waals surface area (Å²) in [6.45, 7) is 0.649. The molecule has 2 heteroatoms. The summed E-state index contributed by atoms with van der Waals surface area (Å²) in [7, 11) is 0. The third-order valence-electron chi connectivity index (χ3n) is 3.34. The number of rotatable bonds is 0. The summed E-state index contributed by atoms with van der Waals surface area (Å²) in [5, 5.41) is 1.26. The molecular formula is C15H11NO. The predicted octanol–water partition coefficient (Wildman–Crippen LogP) is 3.73.